The maximum Gasteiger partial charge on any atom is 0.245 e. The van der Waals surface area contributed by atoms with Crippen LogP contribution in [0.2, 0.25) is 0 Å². The predicted octanol–water partition coefficient (Wildman–Crippen LogP) is -0.0114. The summed E-state index contributed by atoms with van der Waals surface area (Å²) in [6, 6.07) is -1.44. The molecule has 204 valence electrons. The maximum atomic E-state index is 14.1. The van der Waals surface area contributed by atoms with Gasteiger partial charge in [0.1, 0.15) is 11.6 Å². The van der Waals surface area contributed by atoms with Gasteiger partial charge in [0.25, 0.3) is 0 Å². The fraction of sp³-hybridized carbons (Fsp3) is 0.885. The van der Waals surface area contributed by atoms with E-state index in [0.29, 0.717) is 39.3 Å². The molecule has 0 aromatic heterocycles. The second-order valence-electron chi connectivity index (χ2n) is 11.5. The standard InChI is InChI=1S/C26H44N4O6/c1-6-7-27-22(32)19-20-24(34)30(18(15-31)16(2)3)21(26(20)14-17(4)25(19,5)36-26)23(33)28-8-9-29-10-12-35-13-11-29/h16-21,31H,6-15H2,1-5H3,(H,27,32)(H,28,33)/t17?,18-,19-,20-,21?,25+,26?/m0/s1. The number of hydrogen-bond donors (Lipinski definition) is 3. The molecule has 4 aliphatic rings. The zero-order valence-electron chi connectivity index (χ0n) is 22.4. The normalized spacial score (nSPS) is 36.9. The molecule has 1 spiro atoms. The number of morpholine rings is 1. The molecule has 2 bridgehead atoms. The number of aliphatic hydroxyl groups excluding tert-OH is 1. The minimum Gasteiger partial charge on any atom is -0.394 e. The average molecular weight is 509 g/mol. The first-order valence-corrected chi connectivity index (χ1v) is 13.6. The summed E-state index contributed by atoms with van der Waals surface area (Å²) >= 11 is 0. The van der Waals surface area contributed by atoms with E-state index < -0.39 is 35.1 Å². The van der Waals surface area contributed by atoms with Crippen LogP contribution in [-0.4, -0.2) is 108 Å². The third-order valence-corrected chi connectivity index (χ3v) is 8.98. The first-order chi connectivity index (χ1) is 17.1. The van der Waals surface area contributed by atoms with Crippen LogP contribution < -0.4 is 10.6 Å². The number of hydrogen-bond acceptors (Lipinski definition) is 7. The van der Waals surface area contributed by atoms with Gasteiger partial charge in [0.2, 0.25) is 17.7 Å². The van der Waals surface area contributed by atoms with Crippen molar-refractivity contribution in [1.29, 1.82) is 0 Å². The molecule has 0 aliphatic carbocycles. The predicted molar refractivity (Wildman–Crippen MR) is 133 cm³/mol. The van der Waals surface area contributed by atoms with E-state index in [1.807, 2.05) is 34.6 Å². The number of carbonyl (C=O) groups is 3. The van der Waals surface area contributed by atoms with Crippen LogP contribution in [-0.2, 0) is 23.9 Å². The highest BCUT2D eigenvalue weighted by molar-refractivity contribution is 5.99. The van der Waals surface area contributed by atoms with Gasteiger partial charge in [-0.1, -0.05) is 27.7 Å². The van der Waals surface area contributed by atoms with E-state index in [0.717, 1.165) is 19.5 Å². The SMILES string of the molecule is CCCNC(=O)[C@@H]1[C@H]2C(=O)N([C@@H](CO)C(C)C)C(C(=O)NCCN3CCOCC3)C23CC(C)[C@@]1(C)O3. The van der Waals surface area contributed by atoms with Gasteiger partial charge in [-0.15, -0.1) is 0 Å². The Morgan fingerprint density at radius 1 is 1.17 bits per heavy atom. The number of likely N-dealkylation sites (tertiary alicyclic amines) is 1. The number of nitrogens with one attached hydrogen (secondary N) is 2. The molecule has 4 fully saturated rings. The Hall–Kier alpha value is -1.75. The van der Waals surface area contributed by atoms with Crippen molar-refractivity contribution < 1.29 is 29.0 Å². The molecule has 0 aromatic rings. The molecule has 0 radical (unpaired) electrons. The number of rotatable bonds is 10. The molecule has 7 atom stereocenters. The van der Waals surface area contributed by atoms with Crippen LogP contribution >= 0.6 is 0 Å². The van der Waals surface area contributed by atoms with Gasteiger partial charge < -0.3 is 30.1 Å². The van der Waals surface area contributed by atoms with Crippen LogP contribution in [0.25, 0.3) is 0 Å². The van der Waals surface area contributed by atoms with Crippen LogP contribution in [0.1, 0.15) is 47.5 Å². The van der Waals surface area contributed by atoms with Crippen LogP contribution in [0.4, 0.5) is 0 Å². The lowest BCUT2D eigenvalue weighted by Crippen LogP contribution is -2.59. The van der Waals surface area contributed by atoms with Gasteiger partial charge in [-0.3, -0.25) is 19.3 Å². The van der Waals surface area contributed by atoms with E-state index in [4.69, 9.17) is 9.47 Å². The number of carbonyl (C=O) groups excluding carboxylic acids is 3. The van der Waals surface area contributed by atoms with Gasteiger partial charge in [-0.25, -0.2) is 0 Å². The number of fused-ring (bicyclic) bond motifs is 1. The van der Waals surface area contributed by atoms with Crippen LogP contribution in [0, 0.1) is 23.7 Å². The van der Waals surface area contributed by atoms with Crippen molar-refractivity contribution in [2.45, 2.75) is 70.7 Å². The Morgan fingerprint density at radius 2 is 1.83 bits per heavy atom. The van der Waals surface area contributed by atoms with E-state index in [2.05, 4.69) is 15.5 Å². The second kappa shape index (κ2) is 10.6. The molecule has 3 unspecified atom stereocenters. The number of ether oxygens (including phenoxy) is 2. The highest BCUT2D eigenvalue weighted by atomic mass is 16.5. The summed E-state index contributed by atoms with van der Waals surface area (Å²) in [5, 5.41) is 16.3. The molecule has 3 N–H and O–H groups in total. The fourth-order valence-electron chi connectivity index (χ4n) is 6.97. The van der Waals surface area contributed by atoms with Crippen molar-refractivity contribution in [3.8, 4) is 0 Å². The molecule has 0 aromatic carbocycles. The maximum absolute atomic E-state index is 14.1. The molecule has 0 saturated carbocycles. The Bertz CT molecular complexity index is 848. The Kier molecular flexibility index (Phi) is 8.00. The van der Waals surface area contributed by atoms with Crippen molar-refractivity contribution in [3.05, 3.63) is 0 Å². The highest BCUT2D eigenvalue weighted by Crippen LogP contribution is 2.65. The van der Waals surface area contributed by atoms with Crippen molar-refractivity contribution in [2.75, 3.05) is 52.5 Å². The molecule has 3 amide bonds. The lowest BCUT2D eigenvalue weighted by molar-refractivity contribution is -0.152. The monoisotopic (exact) mass is 508 g/mol. The van der Waals surface area contributed by atoms with Gasteiger partial charge in [-0.2, -0.15) is 0 Å². The third-order valence-electron chi connectivity index (χ3n) is 8.98. The van der Waals surface area contributed by atoms with Crippen LogP contribution in [0.3, 0.4) is 0 Å². The number of amides is 3. The summed E-state index contributed by atoms with van der Waals surface area (Å²) in [5.41, 5.74) is -1.92. The Balaban J connectivity index is 1.65. The topological polar surface area (TPSA) is 120 Å². The summed E-state index contributed by atoms with van der Waals surface area (Å²) < 4.78 is 12.1. The van der Waals surface area contributed by atoms with Crippen molar-refractivity contribution >= 4 is 17.7 Å². The highest BCUT2D eigenvalue weighted by Gasteiger charge is 2.80. The molecule has 36 heavy (non-hydrogen) atoms. The smallest absolute Gasteiger partial charge is 0.245 e. The van der Waals surface area contributed by atoms with Gasteiger partial charge in [0, 0.05) is 32.7 Å². The molecule has 4 heterocycles. The summed E-state index contributed by atoms with van der Waals surface area (Å²) in [6.07, 6.45) is 1.31. The van der Waals surface area contributed by atoms with Gasteiger partial charge in [-0.05, 0) is 31.6 Å². The quantitative estimate of drug-likeness (QED) is 0.380. The lowest BCUT2D eigenvalue weighted by atomic mass is 9.62. The summed E-state index contributed by atoms with van der Waals surface area (Å²) in [6.45, 7) is 14.2. The molecule has 10 nitrogen and oxygen atoms in total. The Morgan fingerprint density at radius 3 is 2.44 bits per heavy atom. The fourth-order valence-corrected chi connectivity index (χ4v) is 6.97. The van der Waals surface area contributed by atoms with Crippen molar-refractivity contribution in [1.82, 2.24) is 20.4 Å². The van der Waals surface area contributed by atoms with E-state index in [-0.39, 0.29) is 36.2 Å². The molecular weight excluding hydrogens is 464 g/mol. The van der Waals surface area contributed by atoms with Gasteiger partial charge in [0.15, 0.2) is 0 Å². The van der Waals surface area contributed by atoms with Crippen molar-refractivity contribution in [2.24, 2.45) is 23.7 Å². The first-order valence-electron chi connectivity index (χ1n) is 13.6. The summed E-state index contributed by atoms with van der Waals surface area (Å²) in [4.78, 5) is 45.2. The van der Waals surface area contributed by atoms with E-state index in [1.54, 1.807) is 4.90 Å². The molecule has 4 saturated heterocycles. The van der Waals surface area contributed by atoms with E-state index in [9.17, 15) is 19.5 Å². The third kappa shape index (κ3) is 4.33. The van der Waals surface area contributed by atoms with Crippen molar-refractivity contribution in [3.63, 3.8) is 0 Å². The zero-order valence-corrected chi connectivity index (χ0v) is 22.4. The minimum absolute atomic E-state index is 0.00541. The van der Waals surface area contributed by atoms with Gasteiger partial charge in [0.05, 0.1) is 43.3 Å². The van der Waals surface area contributed by atoms with Crippen LogP contribution in [0.5, 0.6) is 0 Å². The number of nitrogens with zero attached hydrogens (tertiary/aromatic N) is 2. The summed E-state index contributed by atoms with van der Waals surface area (Å²) in [7, 11) is 0. The molecular formula is C26H44N4O6. The molecule has 4 aliphatic heterocycles. The average Bonchev–Trinajstić information content (AvgIpc) is 3.35. The minimum atomic E-state index is -1.09. The lowest BCUT2D eigenvalue weighted by Gasteiger charge is -2.38. The van der Waals surface area contributed by atoms with E-state index >= 15 is 0 Å². The number of aliphatic hydroxyl groups is 1. The summed E-state index contributed by atoms with van der Waals surface area (Å²) in [5.74, 6) is -2.24. The van der Waals surface area contributed by atoms with Crippen LogP contribution in [0.15, 0.2) is 0 Å². The van der Waals surface area contributed by atoms with Gasteiger partial charge >= 0.3 is 0 Å². The largest absolute Gasteiger partial charge is 0.394 e. The second-order valence-corrected chi connectivity index (χ2v) is 11.5. The van der Waals surface area contributed by atoms with E-state index in [1.165, 1.54) is 0 Å². The first kappa shape index (κ1) is 27.3. The zero-order chi connectivity index (χ0) is 26.3. The molecule has 10 heteroatoms. The molecule has 4 rings (SSSR count). The Labute approximate surface area is 214 Å².